The molecule has 1 aliphatic heterocycles. The van der Waals surface area contributed by atoms with Gasteiger partial charge in [-0.1, -0.05) is 6.07 Å². The van der Waals surface area contributed by atoms with Crippen LogP contribution in [0.3, 0.4) is 0 Å². The molecule has 0 spiro atoms. The van der Waals surface area contributed by atoms with Gasteiger partial charge in [-0.15, -0.1) is 5.10 Å². The molecule has 0 unspecified atom stereocenters. The van der Waals surface area contributed by atoms with E-state index < -0.39 is 0 Å². The highest BCUT2D eigenvalue weighted by Gasteiger charge is 2.18. The molecule has 9 heteroatoms. The van der Waals surface area contributed by atoms with Crippen molar-refractivity contribution in [2.24, 2.45) is 0 Å². The van der Waals surface area contributed by atoms with Crippen LogP contribution in [0.15, 0.2) is 18.3 Å². The molecule has 0 atom stereocenters. The second-order valence-electron chi connectivity index (χ2n) is 6.10. The molecule has 0 radical (unpaired) electrons. The Bertz CT molecular complexity index is 712. The average molecular weight is 364 g/mol. The largest absolute Gasteiger partial charge is 0.354 e. The smallest absolute Gasteiger partial charge is 0.242 e. The number of halogens is 1. The first kappa shape index (κ1) is 17.6. The fourth-order valence-electron chi connectivity index (χ4n) is 2.77. The van der Waals surface area contributed by atoms with E-state index in [4.69, 9.17) is 11.6 Å². The van der Waals surface area contributed by atoms with Crippen LogP contribution >= 0.6 is 11.6 Å². The second-order valence-corrected chi connectivity index (χ2v) is 6.44. The van der Waals surface area contributed by atoms with Crippen molar-refractivity contribution in [2.45, 2.75) is 19.4 Å². The molecule has 1 aliphatic rings. The number of carbonyl (C=O) groups is 1. The lowest BCUT2D eigenvalue weighted by Gasteiger charge is -2.34. The number of nitrogens with one attached hydrogen (secondary N) is 2. The molecule has 0 bridgehead atoms. The van der Waals surface area contributed by atoms with Crippen molar-refractivity contribution in [3.05, 3.63) is 35.0 Å². The van der Waals surface area contributed by atoms with Gasteiger partial charge in [0.2, 0.25) is 11.2 Å². The van der Waals surface area contributed by atoms with Crippen LogP contribution in [0.5, 0.6) is 0 Å². The van der Waals surface area contributed by atoms with E-state index >= 15 is 0 Å². The molecule has 25 heavy (non-hydrogen) atoms. The van der Waals surface area contributed by atoms with Crippen molar-refractivity contribution < 1.29 is 4.79 Å². The minimum absolute atomic E-state index is 0.0410. The zero-order valence-corrected chi connectivity index (χ0v) is 15.0. The van der Waals surface area contributed by atoms with Crippen molar-refractivity contribution in [3.63, 3.8) is 0 Å². The topological polar surface area (TPSA) is 90.0 Å². The van der Waals surface area contributed by atoms with Crippen LogP contribution in [0.4, 0.5) is 5.82 Å². The molecular formula is C16H22ClN7O. The molecule has 3 heterocycles. The number of aromatic amines is 1. The van der Waals surface area contributed by atoms with Crippen LogP contribution < -0.4 is 10.2 Å². The third kappa shape index (κ3) is 4.90. The van der Waals surface area contributed by atoms with E-state index in [-0.39, 0.29) is 11.2 Å². The summed E-state index contributed by atoms with van der Waals surface area (Å²) in [5, 5.41) is 9.56. The highest BCUT2D eigenvalue weighted by Crippen LogP contribution is 2.18. The van der Waals surface area contributed by atoms with Gasteiger partial charge in [0, 0.05) is 57.3 Å². The van der Waals surface area contributed by atoms with Crippen LogP contribution in [-0.4, -0.2) is 64.2 Å². The molecule has 1 fully saturated rings. The number of likely N-dealkylation sites (N-methyl/N-ethyl adjacent to an activating group) is 1. The zero-order chi connectivity index (χ0) is 17.6. The van der Waals surface area contributed by atoms with Gasteiger partial charge in [0.05, 0.1) is 0 Å². The number of piperazine rings is 1. The van der Waals surface area contributed by atoms with Gasteiger partial charge in [-0.3, -0.25) is 9.89 Å². The number of hydrogen-bond acceptors (Lipinski definition) is 6. The van der Waals surface area contributed by atoms with Gasteiger partial charge in [-0.2, -0.15) is 0 Å². The molecule has 1 amide bonds. The maximum atomic E-state index is 12.1. The molecule has 8 nitrogen and oxygen atoms in total. The summed E-state index contributed by atoms with van der Waals surface area (Å²) in [4.78, 5) is 25.2. The van der Waals surface area contributed by atoms with Gasteiger partial charge >= 0.3 is 0 Å². The predicted molar refractivity (Wildman–Crippen MR) is 95.5 cm³/mol. The summed E-state index contributed by atoms with van der Waals surface area (Å²) in [5.41, 5.74) is 1.03. The summed E-state index contributed by atoms with van der Waals surface area (Å²) >= 11 is 5.65. The first-order valence-corrected chi connectivity index (χ1v) is 8.70. The van der Waals surface area contributed by atoms with Crippen LogP contribution in [0.2, 0.25) is 5.28 Å². The van der Waals surface area contributed by atoms with E-state index in [0.717, 1.165) is 37.6 Å². The van der Waals surface area contributed by atoms with Gasteiger partial charge in [0.25, 0.3) is 0 Å². The summed E-state index contributed by atoms with van der Waals surface area (Å²) in [6.45, 7) is 4.39. The number of amides is 1. The van der Waals surface area contributed by atoms with Crippen molar-refractivity contribution in [1.29, 1.82) is 0 Å². The molecule has 3 rings (SSSR count). The Hall–Kier alpha value is -2.19. The van der Waals surface area contributed by atoms with Crippen LogP contribution in [-0.2, 0) is 17.8 Å². The standard InChI is InChI=1S/C16H22ClN7O/c1-23-7-9-24(10-8-23)15-12(3-2-6-18-15)11-19-14(25)5-4-13-20-16(17)22-21-13/h2-3,6H,4-5,7-11H2,1H3,(H,19,25)(H,20,21,22). The highest BCUT2D eigenvalue weighted by molar-refractivity contribution is 6.28. The maximum Gasteiger partial charge on any atom is 0.242 e. The summed E-state index contributed by atoms with van der Waals surface area (Å²) in [5.74, 6) is 1.53. The van der Waals surface area contributed by atoms with E-state index in [1.54, 1.807) is 6.20 Å². The summed E-state index contributed by atoms with van der Waals surface area (Å²) in [7, 11) is 2.12. The van der Waals surface area contributed by atoms with Gasteiger partial charge in [-0.25, -0.2) is 9.97 Å². The highest BCUT2D eigenvalue weighted by atomic mass is 35.5. The van der Waals surface area contributed by atoms with Gasteiger partial charge in [-0.05, 0) is 24.7 Å². The minimum atomic E-state index is -0.0410. The lowest BCUT2D eigenvalue weighted by atomic mass is 10.2. The number of rotatable bonds is 6. The zero-order valence-electron chi connectivity index (χ0n) is 14.2. The molecule has 2 aromatic heterocycles. The number of carbonyl (C=O) groups excluding carboxylic acids is 1. The van der Waals surface area contributed by atoms with Crippen molar-refractivity contribution in [3.8, 4) is 0 Å². The third-order valence-electron chi connectivity index (χ3n) is 4.24. The molecule has 134 valence electrons. The number of anilines is 1. The number of aromatic nitrogens is 4. The third-order valence-corrected chi connectivity index (χ3v) is 4.41. The quantitative estimate of drug-likeness (QED) is 0.791. The van der Waals surface area contributed by atoms with Gasteiger partial charge in [0.15, 0.2) is 0 Å². The number of pyridine rings is 1. The maximum absolute atomic E-state index is 12.1. The molecule has 1 saturated heterocycles. The van der Waals surface area contributed by atoms with Crippen LogP contribution in [0.25, 0.3) is 0 Å². The minimum Gasteiger partial charge on any atom is -0.354 e. The molecule has 0 aliphatic carbocycles. The molecule has 2 aromatic rings. The summed E-state index contributed by atoms with van der Waals surface area (Å²) in [6, 6.07) is 3.91. The first-order valence-electron chi connectivity index (χ1n) is 8.32. The molecule has 2 N–H and O–H groups in total. The number of H-pyrrole nitrogens is 1. The Labute approximate surface area is 151 Å². The number of hydrogen-bond donors (Lipinski definition) is 2. The number of nitrogens with zero attached hydrogens (tertiary/aromatic N) is 5. The summed E-state index contributed by atoms with van der Waals surface area (Å²) < 4.78 is 0. The van der Waals surface area contributed by atoms with Crippen LogP contribution in [0.1, 0.15) is 17.8 Å². The molecule has 0 saturated carbocycles. The van der Waals surface area contributed by atoms with Crippen molar-refractivity contribution in [2.75, 3.05) is 38.1 Å². The number of aryl methyl sites for hydroxylation is 1. The SMILES string of the molecule is CN1CCN(c2ncccc2CNC(=O)CCc2nc(Cl)n[nH]2)CC1. The van der Waals surface area contributed by atoms with E-state index in [0.29, 0.717) is 25.2 Å². The van der Waals surface area contributed by atoms with E-state index in [9.17, 15) is 4.79 Å². The average Bonchev–Trinajstić information content (AvgIpc) is 3.04. The Morgan fingerprint density at radius 1 is 1.36 bits per heavy atom. The van der Waals surface area contributed by atoms with E-state index in [1.165, 1.54) is 0 Å². The Morgan fingerprint density at radius 3 is 2.88 bits per heavy atom. The monoisotopic (exact) mass is 363 g/mol. The van der Waals surface area contributed by atoms with Gasteiger partial charge < -0.3 is 15.1 Å². The lowest BCUT2D eigenvalue weighted by molar-refractivity contribution is -0.121. The fraction of sp³-hybridized carbons (Fsp3) is 0.500. The second kappa shape index (κ2) is 8.26. The Balaban J connectivity index is 1.53. The van der Waals surface area contributed by atoms with Crippen LogP contribution in [0, 0.1) is 0 Å². The first-order chi connectivity index (χ1) is 12.1. The van der Waals surface area contributed by atoms with E-state index in [2.05, 4.69) is 42.3 Å². The predicted octanol–water partition coefficient (Wildman–Crippen LogP) is 0.854. The fourth-order valence-corrected chi connectivity index (χ4v) is 2.91. The normalized spacial score (nSPS) is 15.4. The molecule has 0 aromatic carbocycles. The lowest BCUT2D eigenvalue weighted by Crippen LogP contribution is -2.45. The van der Waals surface area contributed by atoms with E-state index in [1.807, 2.05) is 12.1 Å². The van der Waals surface area contributed by atoms with Gasteiger partial charge in [0.1, 0.15) is 11.6 Å². The Kier molecular flexibility index (Phi) is 5.83. The summed E-state index contributed by atoms with van der Waals surface area (Å²) in [6.07, 6.45) is 2.60. The Morgan fingerprint density at radius 2 is 2.16 bits per heavy atom. The van der Waals surface area contributed by atoms with Crippen molar-refractivity contribution in [1.82, 2.24) is 30.4 Å². The van der Waals surface area contributed by atoms with Crippen molar-refractivity contribution >= 4 is 23.3 Å². The molecular weight excluding hydrogens is 342 g/mol.